The van der Waals surface area contributed by atoms with Gasteiger partial charge in [0, 0.05) is 17.5 Å². The topological polar surface area (TPSA) is 78.1 Å². The van der Waals surface area contributed by atoms with Crippen LogP contribution in [0.1, 0.15) is 17.3 Å². The molecule has 0 aliphatic heterocycles. The molecular weight excluding hydrogens is 262 g/mol. The van der Waals surface area contributed by atoms with Crippen LogP contribution in [-0.4, -0.2) is 28.3 Å². The van der Waals surface area contributed by atoms with Gasteiger partial charge in [0.25, 0.3) is 0 Å². The Morgan fingerprint density at radius 1 is 1.71 bits per heavy atom. The van der Waals surface area contributed by atoms with Crippen LogP contribution >= 0.6 is 23.4 Å². The summed E-state index contributed by atoms with van der Waals surface area (Å²) in [6.07, 6.45) is 3.12. The highest BCUT2D eigenvalue weighted by Gasteiger charge is 2.13. The van der Waals surface area contributed by atoms with Crippen molar-refractivity contribution in [1.29, 1.82) is 0 Å². The molecule has 1 rings (SSSR count). The number of halogens is 1. The van der Waals surface area contributed by atoms with Gasteiger partial charge in [0.1, 0.15) is 11.4 Å². The number of carbonyl (C=O) groups is 1. The minimum Gasteiger partial charge on any atom is -0.462 e. The van der Waals surface area contributed by atoms with Gasteiger partial charge >= 0.3 is 5.97 Å². The molecule has 0 aliphatic rings. The molecule has 1 aromatic heterocycles. The van der Waals surface area contributed by atoms with Crippen LogP contribution in [-0.2, 0) is 4.74 Å². The smallest absolute Gasteiger partial charge is 0.343 e. The van der Waals surface area contributed by atoms with Gasteiger partial charge in [-0.25, -0.2) is 14.8 Å². The van der Waals surface area contributed by atoms with E-state index < -0.39 is 5.97 Å². The number of thioether (sulfide) groups is 1. The van der Waals surface area contributed by atoms with Crippen molar-refractivity contribution in [3.8, 4) is 0 Å². The maximum atomic E-state index is 11.4. The first-order valence-corrected chi connectivity index (χ1v) is 6.29. The Bertz CT molecular complexity index is 426. The maximum absolute atomic E-state index is 11.4. The third-order valence-corrected chi connectivity index (χ3v) is 2.68. The van der Waals surface area contributed by atoms with E-state index in [-0.39, 0.29) is 18.0 Å². The van der Waals surface area contributed by atoms with E-state index in [9.17, 15) is 4.79 Å². The molecule has 0 aliphatic carbocycles. The van der Waals surface area contributed by atoms with Gasteiger partial charge < -0.3 is 10.5 Å². The minimum atomic E-state index is -0.512. The quantitative estimate of drug-likeness (QED) is 0.503. The first-order chi connectivity index (χ1) is 8.19. The second kappa shape index (κ2) is 7.13. The molecule has 0 atom stereocenters. The molecule has 0 saturated carbocycles. The molecular formula is C10H12ClN3O2S. The van der Waals surface area contributed by atoms with E-state index in [4.69, 9.17) is 22.1 Å². The molecule has 1 heterocycles. The summed E-state index contributed by atoms with van der Waals surface area (Å²) in [5, 5.41) is 0.491. The molecule has 0 unspecified atom stereocenters. The van der Waals surface area contributed by atoms with Crippen LogP contribution in [0.2, 0.25) is 0 Å². The summed E-state index contributed by atoms with van der Waals surface area (Å²) in [5.41, 5.74) is 7.25. The molecule has 0 fully saturated rings. The lowest BCUT2D eigenvalue weighted by atomic mass is 10.3. The molecule has 1 aromatic rings. The fourth-order valence-electron chi connectivity index (χ4n) is 0.973. The van der Waals surface area contributed by atoms with Crippen LogP contribution in [0.4, 0.5) is 5.82 Å². The number of hydrogen-bond acceptors (Lipinski definition) is 6. The molecule has 17 heavy (non-hydrogen) atoms. The van der Waals surface area contributed by atoms with E-state index in [0.29, 0.717) is 10.9 Å². The first-order valence-electron chi connectivity index (χ1n) is 4.86. The summed E-state index contributed by atoms with van der Waals surface area (Å²) in [7, 11) is 0. The lowest BCUT2D eigenvalue weighted by molar-refractivity contribution is 0.0526. The molecule has 2 N–H and O–H groups in total. The summed E-state index contributed by atoms with van der Waals surface area (Å²) < 4.78 is 4.81. The van der Waals surface area contributed by atoms with Crippen molar-refractivity contribution in [3.63, 3.8) is 0 Å². The number of carbonyl (C=O) groups excluding carboxylic acids is 1. The molecule has 7 heteroatoms. The summed E-state index contributed by atoms with van der Waals surface area (Å²) in [6.45, 7) is 2.01. The van der Waals surface area contributed by atoms with E-state index in [0.717, 1.165) is 0 Å². The fraction of sp³-hybridized carbons (Fsp3) is 0.300. The number of nitrogens with zero attached hydrogens (tertiary/aromatic N) is 2. The third-order valence-electron chi connectivity index (χ3n) is 1.69. The second-order valence-corrected chi connectivity index (χ2v) is 4.08. The molecule has 92 valence electrons. The van der Waals surface area contributed by atoms with Gasteiger partial charge in [-0.15, -0.1) is 0 Å². The van der Waals surface area contributed by atoms with E-state index in [2.05, 4.69) is 9.97 Å². The van der Waals surface area contributed by atoms with Crippen molar-refractivity contribution in [2.24, 2.45) is 0 Å². The first kappa shape index (κ1) is 13.8. The van der Waals surface area contributed by atoms with Gasteiger partial charge in [0.15, 0.2) is 5.16 Å². The summed E-state index contributed by atoms with van der Waals surface area (Å²) in [5.74, 6) is 0.250. The van der Waals surface area contributed by atoms with Crippen molar-refractivity contribution >= 4 is 35.1 Å². The number of nitrogens with two attached hydrogens (primary N) is 1. The number of nitrogen functional groups attached to an aromatic ring is 1. The largest absolute Gasteiger partial charge is 0.462 e. The zero-order chi connectivity index (χ0) is 12.7. The Balaban J connectivity index is 2.75. The number of anilines is 1. The molecule has 0 saturated heterocycles. The van der Waals surface area contributed by atoms with Gasteiger partial charge in [-0.05, 0) is 6.92 Å². The van der Waals surface area contributed by atoms with Crippen LogP contribution in [0.3, 0.4) is 0 Å². The van der Waals surface area contributed by atoms with E-state index in [1.807, 2.05) is 0 Å². The average Bonchev–Trinajstić information content (AvgIpc) is 2.29. The monoisotopic (exact) mass is 273 g/mol. The highest BCUT2D eigenvalue weighted by Crippen LogP contribution is 2.17. The Morgan fingerprint density at radius 2 is 2.47 bits per heavy atom. The maximum Gasteiger partial charge on any atom is 0.343 e. The summed E-state index contributed by atoms with van der Waals surface area (Å²) in [4.78, 5) is 19.4. The molecule has 0 aromatic carbocycles. The molecule has 0 amide bonds. The van der Waals surface area contributed by atoms with Crippen molar-refractivity contribution < 1.29 is 9.53 Å². The summed E-state index contributed by atoms with van der Waals surface area (Å²) in [6, 6.07) is 0. The number of aromatic nitrogens is 2. The van der Waals surface area contributed by atoms with Gasteiger partial charge in [-0.3, -0.25) is 0 Å². The normalized spacial score (nSPS) is 10.7. The zero-order valence-corrected chi connectivity index (χ0v) is 10.8. The lowest BCUT2D eigenvalue weighted by Crippen LogP contribution is -2.10. The Hall–Kier alpha value is -1.27. The van der Waals surface area contributed by atoms with Crippen molar-refractivity contribution in [1.82, 2.24) is 9.97 Å². The van der Waals surface area contributed by atoms with E-state index in [1.54, 1.807) is 13.0 Å². The van der Waals surface area contributed by atoms with Crippen LogP contribution in [0, 0.1) is 0 Å². The Morgan fingerprint density at radius 3 is 3.06 bits per heavy atom. The van der Waals surface area contributed by atoms with Crippen molar-refractivity contribution in [2.75, 3.05) is 18.1 Å². The van der Waals surface area contributed by atoms with Crippen LogP contribution in [0.15, 0.2) is 23.0 Å². The average molecular weight is 274 g/mol. The fourth-order valence-corrected chi connectivity index (χ4v) is 1.80. The summed E-state index contributed by atoms with van der Waals surface area (Å²) >= 11 is 6.75. The van der Waals surface area contributed by atoms with Crippen LogP contribution < -0.4 is 5.73 Å². The predicted molar refractivity (Wildman–Crippen MR) is 68.1 cm³/mol. The standard InChI is InChI=1S/C10H12ClN3O2S/c1-2-16-9(15)7-6-13-10(14-8(7)12)17-5-3-4-11/h3-4,6H,2,5H2,1H3,(H2,12,13,14)/b4-3+. The number of ether oxygens (including phenoxy) is 1. The molecule has 0 spiro atoms. The number of esters is 1. The molecule has 0 bridgehead atoms. The molecule has 0 radical (unpaired) electrons. The SMILES string of the molecule is CCOC(=O)c1cnc(SC/C=C/Cl)nc1N. The lowest BCUT2D eigenvalue weighted by Gasteiger charge is -2.05. The van der Waals surface area contributed by atoms with Crippen LogP contribution in [0.5, 0.6) is 0 Å². The highest BCUT2D eigenvalue weighted by atomic mass is 35.5. The Kier molecular flexibility index (Phi) is 5.79. The zero-order valence-electron chi connectivity index (χ0n) is 9.22. The number of hydrogen-bond donors (Lipinski definition) is 1. The second-order valence-electron chi connectivity index (χ2n) is 2.84. The van der Waals surface area contributed by atoms with Gasteiger partial charge in [-0.2, -0.15) is 0 Å². The molecule has 5 nitrogen and oxygen atoms in total. The van der Waals surface area contributed by atoms with Crippen LogP contribution in [0.25, 0.3) is 0 Å². The van der Waals surface area contributed by atoms with Crippen molar-refractivity contribution in [3.05, 3.63) is 23.4 Å². The van der Waals surface area contributed by atoms with Crippen molar-refractivity contribution in [2.45, 2.75) is 12.1 Å². The predicted octanol–water partition coefficient (Wildman–Crippen LogP) is 2.08. The van der Waals surface area contributed by atoms with Gasteiger partial charge in [0.2, 0.25) is 0 Å². The third kappa shape index (κ3) is 4.24. The van der Waals surface area contributed by atoms with Gasteiger partial charge in [0.05, 0.1) is 6.61 Å². The Labute approximate surface area is 108 Å². The van der Waals surface area contributed by atoms with Gasteiger partial charge in [-0.1, -0.05) is 29.4 Å². The van der Waals surface area contributed by atoms with E-state index in [1.165, 1.54) is 23.5 Å². The minimum absolute atomic E-state index is 0.121. The highest BCUT2D eigenvalue weighted by molar-refractivity contribution is 7.99. The number of rotatable bonds is 5. The van der Waals surface area contributed by atoms with E-state index >= 15 is 0 Å².